The Bertz CT molecular complexity index is 687. The molecule has 0 aromatic rings. The molecule has 3 aliphatic rings. The monoisotopic (exact) mass is 689 g/mol. The first kappa shape index (κ1) is 32.5. The Balaban J connectivity index is 0.000000611. The summed E-state index contributed by atoms with van der Waals surface area (Å²) in [5, 5.41) is 22.0. The second kappa shape index (κ2) is 17.1. The Morgan fingerprint density at radius 1 is 0.639 bits per heavy atom. The third-order valence-corrected chi connectivity index (χ3v) is 7.39. The van der Waals surface area contributed by atoms with E-state index in [1.165, 1.54) is 24.2 Å². The van der Waals surface area contributed by atoms with Crippen LogP contribution in [0.15, 0.2) is 0 Å². The number of hydrogen-bond acceptors (Lipinski definition) is 8. The molecule has 3 fully saturated rings. The normalized spacial score (nSPS) is 25.8. The number of hydrogen-bond donors (Lipinski definition) is 2. The predicted octanol–water partition coefficient (Wildman–Crippen LogP) is -0.874. The Morgan fingerprint density at radius 3 is 1.44 bits per heavy atom. The third-order valence-electron chi connectivity index (χ3n) is 7.39. The quantitative estimate of drug-likeness (QED) is 0.294. The van der Waals surface area contributed by atoms with Gasteiger partial charge in [0.15, 0.2) is 0 Å². The van der Waals surface area contributed by atoms with Crippen molar-refractivity contribution in [1.29, 1.82) is 0 Å². The summed E-state index contributed by atoms with van der Waals surface area (Å²) >= 11 is 0. The van der Waals surface area contributed by atoms with Gasteiger partial charge in [0, 0.05) is 74.9 Å². The van der Waals surface area contributed by atoms with Crippen LogP contribution in [-0.2, 0) is 40.2 Å². The van der Waals surface area contributed by atoms with Crippen molar-refractivity contribution in [2.24, 2.45) is 23.3 Å². The van der Waals surface area contributed by atoms with E-state index < -0.39 is 23.8 Å². The fraction of sp³-hybridized carbons (Fsp3) is 0.840. The van der Waals surface area contributed by atoms with E-state index in [0.29, 0.717) is 12.8 Å². The van der Waals surface area contributed by atoms with Crippen LogP contribution in [0.3, 0.4) is 0 Å². The molecule has 1 saturated carbocycles. The van der Waals surface area contributed by atoms with E-state index in [1.807, 2.05) is 4.90 Å². The second-order valence-corrected chi connectivity index (χ2v) is 10.1. The van der Waals surface area contributed by atoms with Gasteiger partial charge in [0.25, 0.3) is 0 Å². The van der Waals surface area contributed by atoms with Crippen LogP contribution in [0.25, 0.3) is 0 Å². The van der Waals surface area contributed by atoms with Gasteiger partial charge in [-0.15, -0.1) is 0 Å². The number of nitrogens with two attached hydrogens (primary N) is 2. The number of piperidine rings is 1. The van der Waals surface area contributed by atoms with E-state index in [0.717, 1.165) is 58.0 Å². The molecule has 4 N–H and O–H groups in total. The van der Waals surface area contributed by atoms with Crippen LogP contribution in [0.4, 0.5) is 0 Å². The molecule has 4 atom stereocenters. The Labute approximate surface area is 228 Å². The number of likely N-dealkylation sites (tertiary alicyclic amines) is 2. The molecule has 2 amide bonds. The van der Waals surface area contributed by atoms with E-state index in [2.05, 4.69) is 0 Å². The summed E-state index contributed by atoms with van der Waals surface area (Å²) in [4.78, 5) is 49.5. The number of carboxylic acids is 2. The number of carbonyl (C=O) groups is 4. The summed E-state index contributed by atoms with van der Waals surface area (Å²) in [7, 11) is 0. The first-order valence-corrected chi connectivity index (χ1v) is 13.2. The van der Waals surface area contributed by atoms with Crippen LogP contribution in [-0.4, -0.2) is 71.8 Å². The summed E-state index contributed by atoms with van der Waals surface area (Å²) in [6.45, 7) is 1.46. The van der Waals surface area contributed by atoms with Crippen molar-refractivity contribution in [3.05, 3.63) is 0 Å². The van der Waals surface area contributed by atoms with Crippen molar-refractivity contribution in [1.82, 2.24) is 9.80 Å². The summed E-state index contributed by atoms with van der Waals surface area (Å²) < 4.78 is 0. The first-order valence-electron chi connectivity index (χ1n) is 13.2. The minimum absolute atomic E-state index is 0. The third kappa shape index (κ3) is 10.8. The Hall–Kier alpha value is -1.51. The van der Waals surface area contributed by atoms with Crippen molar-refractivity contribution in [2.75, 3.05) is 26.2 Å². The van der Waals surface area contributed by atoms with Crippen LogP contribution >= 0.6 is 0 Å². The van der Waals surface area contributed by atoms with Crippen LogP contribution < -0.4 is 21.7 Å². The summed E-state index contributed by atoms with van der Waals surface area (Å²) in [5.74, 6) is -5.37. The summed E-state index contributed by atoms with van der Waals surface area (Å²) in [5.41, 5.74) is 11.3. The Morgan fingerprint density at radius 2 is 1.06 bits per heavy atom. The molecule has 1 aliphatic carbocycles. The maximum atomic E-state index is 12.2. The molecule has 0 aromatic carbocycles. The first-order chi connectivity index (χ1) is 16.7. The molecule has 0 spiro atoms. The van der Waals surface area contributed by atoms with Crippen molar-refractivity contribution in [3.63, 3.8) is 0 Å². The molecule has 10 nitrogen and oxygen atoms in total. The average molecular weight is 690 g/mol. The Kier molecular flexibility index (Phi) is 15.4. The molecule has 3 rings (SSSR count). The SMILES string of the molecule is N[C@@H]1CCCC[C@H]1N.O=C([O-])[C@H]1CN(C(=O)CCCCCCC(=O)N2CCCCC2)C[C@H]1C(=O)[O-].[Pt+2]. The number of unbranched alkanes of at least 4 members (excludes halogenated alkanes) is 3. The number of carboxylic acid groups (broad SMARTS) is 2. The van der Waals surface area contributed by atoms with Gasteiger partial charge in [-0.05, 0) is 44.9 Å². The van der Waals surface area contributed by atoms with Gasteiger partial charge in [0.2, 0.25) is 11.8 Å². The smallest absolute Gasteiger partial charge is 0.550 e. The molecule has 208 valence electrons. The van der Waals surface area contributed by atoms with Gasteiger partial charge in [-0.1, -0.05) is 25.7 Å². The number of carbonyl (C=O) groups excluding carboxylic acids is 4. The largest absolute Gasteiger partial charge is 2.00 e. The van der Waals surface area contributed by atoms with Gasteiger partial charge in [-0.2, -0.15) is 0 Å². The van der Waals surface area contributed by atoms with E-state index in [9.17, 15) is 29.4 Å². The average Bonchev–Trinajstić information content (AvgIpc) is 3.30. The maximum Gasteiger partial charge on any atom is 2.00 e. The minimum atomic E-state index is -1.46. The molecule has 0 bridgehead atoms. The number of amides is 2. The van der Waals surface area contributed by atoms with E-state index in [1.54, 1.807) is 0 Å². The van der Waals surface area contributed by atoms with Gasteiger partial charge in [0.05, 0.1) is 0 Å². The van der Waals surface area contributed by atoms with Gasteiger partial charge in [-0.3, -0.25) is 9.59 Å². The fourth-order valence-electron chi connectivity index (χ4n) is 5.04. The molecule has 11 heteroatoms. The van der Waals surface area contributed by atoms with E-state index in [-0.39, 0.29) is 64.5 Å². The fourth-order valence-corrected chi connectivity index (χ4v) is 5.04. The van der Waals surface area contributed by atoms with Crippen molar-refractivity contribution in [2.45, 2.75) is 95.6 Å². The molecule has 0 unspecified atom stereocenters. The summed E-state index contributed by atoms with van der Waals surface area (Å²) in [6, 6.07) is 0.562. The van der Waals surface area contributed by atoms with Crippen LogP contribution in [0.5, 0.6) is 0 Å². The molecule has 36 heavy (non-hydrogen) atoms. The van der Waals surface area contributed by atoms with Crippen molar-refractivity contribution < 1.29 is 50.5 Å². The number of rotatable bonds is 9. The molecular formula is C25H42N4O6Pt. The minimum Gasteiger partial charge on any atom is -0.550 e. The van der Waals surface area contributed by atoms with Gasteiger partial charge in [0.1, 0.15) is 0 Å². The number of aliphatic carboxylic acids is 2. The van der Waals surface area contributed by atoms with Crippen LogP contribution in [0.2, 0.25) is 0 Å². The molecule has 2 heterocycles. The zero-order chi connectivity index (χ0) is 25.8. The standard InChI is InChI=1S/C19H30N2O6.C6H14N2.Pt/c22-16(20-10-6-3-7-11-20)8-4-1-2-5-9-17(23)21-12-14(18(24)25)15(13-21)19(26)27;7-5-3-1-2-4-6(5)8;/h14-15H,1-13H2,(H,24,25)(H,26,27);5-6H,1-4,7-8H2;/q;;+2/p-2/t14-,15+;5-,6-;/m.1./s1. The molecule has 2 aliphatic heterocycles. The van der Waals surface area contributed by atoms with E-state index >= 15 is 0 Å². The van der Waals surface area contributed by atoms with Crippen molar-refractivity contribution in [3.8, 4) is 0 Å². The van der Waals surface area contributed by atoms with E-state index in [4.69, 9.17) is 11.5 Å². The second-order valence-electron chi connectivity index (χ2n) is 10.1. The van der Waals surface area contributed by atoms with Gasteiger partial charge in [-0.25, -0.2) is 0 Å². The molecule has 0 radical (unpaired) electrons. The van der Waals surface area contributed by atoms with Crippen molar-refractivity contribution >= 4 is 23.8 Å². The number of nitrogens with zero attached hydrogens (tertiary/aromatic N) is 2. The van der Waals surface area contributed by atoms with Crippen LogP contribution in [0, 0.1) is 11.8 Å². The summed E-state index contributed by atoms with van der Waals surface area (Å²) in [6.07, 6.45) is 12.1. The molecule has 2 saturated heterocycles. The van der Waals surface area contributed by atoms with Gasteiger partial charge < -0.3 is 41.1 Å². The maximum absolute atomic E-state index is 12.2. The van der Waals surface area contributed by atoms with Crippen LogP contribution in [0.1, 0.15) is 83.5 Å². The molecular weight excluding hydrogens is 647 g/mol. The topological polar surface area (TPSA) is 173 Å². The zero-order valence-corrected chi connectivity index (χ0v) is 23.4. The predicted molar refractivity (Wildman–Crippen MR) is 126 cm³/mol. The molecule has 0 aromatic heterocycles. The van der Waals surface area contributed by atoms with Gasteiger partial charge >= 0.3 is 21.1 Å². The zero-order valence-electron chi connectivity index (χ0n) is 21.1.